The molecular weight excluding hydrogens is 489 g/mol. The van der Waals surface area contributed by atoms with Crippen LogP contribution in [0, 0.1) is 0 Å². The number of carbonyl (C=O) groups is 1. The normalized spacial score (nSPS) is 18.0. The molecule has 6 nitrogen and oxygen atoms in total. The second-order valence-corrected chi connectivity index (χ2v) is 7.71. The highest BCUT2D eigenvalue weighted by Crippen LogP contribution is 2.19. The van der Waals surface area contributed by atoms with E-state index in [-0.39, 0.29) is 35.9 Å². The molecule has 1 aliphatic rings. The van der Waals surface area contributed by atoms with Crippen molar-refractivity contribution < 1.29 is 4.79 Å². The summed E-state index contributed by atoms with van der Waals surface area (Å²) >= 11 is 0. The number of likely N-dealkylation sites (tertiary alicyclic amines) is 1. The highest BCUT2D eigenvalue weighted by Gasteiger charge is 2.23. The van der Waals surface area contributed by atoms with Crippen molar-refractivity contribution in [3.8, 4) is 0 Å². The van der Waals surface area contributed by atoms with Gasteiger partial charge in [0.15, 0.2) is 5.96 Å². The largest absolute Gasteiger partial charge is 0.356 e. The Morgan fingerprint density at radius 1 is 1.20 bits per heavy atom. The van der Waals surface area contributed by atoms with E-state index in [0.717, 1.165) is 45.0 Å². The second-order valence-electron chi connectivity index (χ2n) is 7.71. The zero-order valence-electron chi connectivity index (χ0n) is 19.1. The number of piperidine rings is 1. The first-order valence-corrected chi connectivity index (χ1v) is 11.1. The maximum atomic E-state index is 12.5. The second kappa shape index (κ2) is 14.6. The van der Waals surface area contributed by atoms with Gasteiger partial charge in [0.25, 0.3) is 0 Å². The Hall–Kier alpha value is -1.35. The number of nitrogens with zero attached hydrogens (tertiary/aromatic N) is 3. The fourth-order valence-electron chi connectivity index (χ4n) is 4.11. The number of nitrogens with one attached hydrogen (secondary N) is 2. The fraction of sp³-hybridized carbons (Fsp3) is 0.652. The van der Waals surface area contributed by atoms with Gasteiger partial charge in [0.2, 0.25) is 5.91 Å². The fourth-order valence-corrected chi connectivity index (χ4v) is 4.11. The molecule has 0 aliphatic carbocycles. The van der Waals surface area contributed by atoms with E-state index >= 15 is 0 Å². The number of rotatable bonds is 9. The first-order valence-electron chi connectivity index (χ1n) is 11.1. The summed E-state index contributed by atoms with van der Waals surface area (Å²) in [5.74, 6) is 0.989. The minimum atomic E-state index is 0. The molecule has 170 valence electrons. The number of hydrogen-bond donors (Lipinski definition) is 2. The van der Waals surface area contributed by atoms with Crippen LogP contribution in [0.4, 0.5) is 0 Å². The molecule has 1 fully saturated rings. The van der Waals surface area contributed by atoms with Crippen molar-refractivity contribution in [2.75, 3.05) is 39.8 Å². The summed E-state index contributed by atoms with van der Waals surface area (Å²) in [6, 6.07) is 11.2. The average Bonchev–Trinajstić information content (AvgIpc) is 2.76. The Balaban J connectivity index is 0.00000450. The molecular formula is C23H40IN5O. The van der Waals surface area contributed by atoms with E-state index < -0.39 is 0 Å². The van der Waals surface area contributed by atoms with Gasteiger partial charge in [-0.1, -0.05) is 44.2 Å². The van der Waals surface area contributed by atoms with Gasteiger partial charge < -0.3 is 15.5 Å². The van der Waals surface area contributed by atoms with Crippen LogP contribution in [0.25, 0.3) is 0 Å². The van der Waals surface area contributed by atoms with Crippen LogP contribution in [0.1, 0.15) is 58.1 Å². The molecule has 1 heterocycles. The van der Waals surface area contributed by atoms with Crippen LogP contribution >= 0.6 is 24.0 Å². The number of likely N-dealkylation sites (N-methyl/N-ethyl adjacent to an activating group) is 1. The molecule has 2 unspecified atom stereocenters. The number of carbonyl (C=O) groups excluding carboxylic acids is 1. The van der Waals surface area contributed by atoms with E-state index in [0.29, 0.717) is 19.0 Å². The summed E-state index contributed by atoms with van der Waals surface area (Å²) < 4.78 is 0. The summed E-state index contributed by atoms with van der Waals surface area (Å²) in [5, 5.41) is 6.76. The van der Waals surface area contributed by atoms with Crippen molar-refractivity contribution in [1.29, 1.82) is 0 Å². The van der Waals surface area contributed by atoms with Gasteiger partial charge in [-0.2, -0.15) is 0 Å². The van der Waals surface area contributed by atoms with Crippen molar-refractivity contribution in [2.45, 2.75) is 58.5 Å². The Bertz CT molecular complexity index is 636. The SMILES string of the molecule is CCN(CC)C(CNC(=NC)NCCC(=O)N1CCCCC1C)c1ccccc1.I. The zero-order chi connectivity index (χ0) is 21.1. The summed E-state index contributed by atoms with van der Waals surface area (Å²) in [4.78, 5) is 21.3. The predicted octanol–water partition coefficient (Wildman–Crippen LogP) is 3.64. The summed E-state index contributed by atoms with van der Waals surface area (Å²) in [7, 11) is 1.78. The van der Waals surface area contributed by atoms with Gasteiger partial charge in [0.05, 0.1) is 6.04 Å². The number of aliphatic imine (C=N–C) groups is 1. The van der Waals surface area contributed by atoms with Crippen molar-refractivity contribution in [2.24, 2.45) is 4.99 Å². The molecule has 30 heavy (non-hydrogen) atoms. The van der Waals surface area contributed by atoms with Gasteiger partial charge in [0, 0.05) is 39.1 Å². The monoisotopic (exact) mass is 529 g/mol. The molecule has 0 bridgehead atoms. The minimum Gasteiger partial charge on any atom is -0.356 e. The van der Waals surface area contributed by atoms with Crippen molar-refractivity contribution in [1.82, 2.24) is 20.4 Å². The molecule has 1 amide bonds. The zero-order valence-corrected chi connectivity index (χ0v) is 21.4. The maximum absolute atomic E-state index is 12.5. The van der Waals surface area contributed by atoms with E-state index in [9.17, 15) is 4.79 Å². The summed E-state index contributed by atoms with van der Waals surface area (Å²) in [5.41, 5.74) is 1.30. The number of guanidine groups is 1. The maximum Gasteiger partial charge on any atom is 0.224 e. The summed E-state index contributed by atoms with van der Waals surface area (Å²) in [6.45, 7) is 10.8. The molecule has 7 heteroatoms. The molecule has 1 aromatic carbocycles. The minimum absolute atomic E-state index is 0. The first kappa shape index (κ1) is 26.7. The molecule has 1 aliphatic heterocycles. The lowest BCUT2D eigenvalue weighted by Crippen LogP contribution is -2.45. The Morgan fingerprint density at radius 3 is 2.50 bits per heavy atom. The van der Waals surface area contributed by atoms with Crippen LogP contribution in [0.5, 0.6) is 0 Å². The van der Waals surface area contributed by atoms with Gasteiger partial charge in [-0.15, -0.1) is 24.0 Å². The predicted molar refractivity (Wildman–Crippen MR) is 137 cm³/mol. The van der Waals surface area contributed by atoms with Crippen LogP contribution in [0.15, 0.2) is 35.3 Å². The van der Waals surface area contributed by atoms with Gasteiger partial charge in [-0.25, -0.2) is 0 Å². The quantitative estimate of drug-likeness (QED) is 0.292. The first-order chi connectivity index (χ1) is 14.1. The van der Waals surface area contributed by atoms with Crippen molar-refractivity contribution in [3.05, 3.63) is 35.9 Å². The van der Waals surface area contributed by atoms with Gasteiger partial charge in [0.1, 0.15) is 0 Å². The third kappa shape index (κ3) is 8.06. The lowest BCUT2D eigenvalue weighted by Gasteiger charge is -2.33. The lowest BCUT2D eigenvalue weighted by molar-refractivity contribution is -0.134. The third-order valence-electron chi connectivity index (χ3n) is 5.88. The van der Waals surface area contributed by atoms with Gasteiger partial charge in [-0.3, -0.25) is 14.7 Å². The summed E-state index contributed by atoms with van der Waals surface area (Å²) in [6.07, 6.45) is 3.98. The van der Waals surface area contributed by atoms with Crippen LogP contribution in [0.2, 0.25) is 0 Å². The number of amides is 1. The van der Waals surface area contributed by atoms with E-state index in [1.807, 2.05) is 4.90 Å². The Labute approximate surface area is 199 Å². The molecule has 2 rings (SSSR count). The molecule has 2 atom stereocenters. The number of halogens is 1. The molecule has 2 N–H and O–H groups in total. The van der Waals surface area contributed by atoms with E-state index in [2.05, 4.69) is 71.6 Å². The molecule has 0 aromatic heterocycles. The smallest absolute Gasteiger partial charge is 0.224 e. The molecule has 1 saturated heterocycles. The van der Waals surface area contributed by atoms with E-state index in [4.69, 9.17) is 0 Å². The molecule has 1 aromatic rings. The van der Waals surface area contributed by atoms with Crippen LogP contribution in [-0.2, 0) is 4.79 Å². The average molecular weight is 530 g/mol. The molecule has 0 radical (unpaired) electrons. The standard InChI is InChI=1S/C23H39N5O.HI/c1-5-27(6-2)21(20-13-8-7-9-14-20)18-26-23(24-4)25-16-15-22(29)28-17-11-10-12-19(28)3;/h7-9,13-14,19,21H,5-6,10-12,15-18H2,1-4H3,(H2,24,25,26);1H. The number of hydrogen-bond acceptors (Lipinski definition) is 3. The van der Waals surface area contributed by atoms with Crippen LogP contribution in [-0.4, -0.2) is 67.5 Å². The lowest BCUT2D eigenvalue weighted by atomic mass is 10.0. The highest BCUT2D eigenvalue weighted by atomic mass is 127. The third-order valence-corrected chi connectivity index (χ3v) is 5.88. The van der Waals surface area contributed by atoms with Crippen LogP contribution in [0.3, 0.4) is 0 Å². The van der Waals surface area contributed by atoms with Gasteiger partial charge >= 0.3 is 0 Å². The molecule has 0 spiro atoms. The van der Waals surface area contributed by atoms with Crippen molar-refractivity contribution >= 4 is 35.8 Å². The van der Waals surface area contributed by atoms with E-state index in [1.54, 1.807) is 7.05 Å². The highest BCUT2D eigenvalue weighted by molar-refractivity contribution is 14.0. The Morgan fingerprint density at radius 2 is 1.90 bits per heavy atom. The Kier molecular flexibility index (Phi) is 13.0. The number of benzene rings is 1. The topological polar surface area (TPSA) is 60.0 Å². The van der Waals surface area contributed by atoms with Crippen molar-refractivity contribution in [3.63, 3.8) is 0 Å². The van der Waals surface area contributed by atoms with E-state index in [1.165, 1.54) is 12.0 Å². The van der Waals surface area contributed by atoms with Crippen LogP contribution < -0.4 is 10.6 Å². The van der Waals surface area contributed by atoms with Gasteiger partial charge in [-0.05, 0) is 44.8 Å². The molecule has 0 saturated carbocycles.